The van der Waals surface area contributed by atoms with Crippen LogP contribution in [0.15, 0.2) is 99.9 Å². The van der Waals surface area contributed by atoms with Crippen LogP contribution in [0.4, 0.5) is 22.7 Å². The zero-order valence-corrected chi connectivity index (χ0v) is 22.8. The maximum atomic E-state index is 12.6. The molecule has 14 heteroatoms. The lowest BCUT2D eigenvalue weighted by Gasteiger charge is -2.06. The number of non-ortho nitro benzene ring substituents is 2. The molecule has 0 aliphatic heterocycles. The van der Waals surface area contributed by atoms with E-state index in [1.807, 2.05) is 0 Å². The minimum atomic E-state index is -0.811. The summed E-state index contributed by atoms with van der Waals surface area (Å²) in [5, 5.41) is 35.7. The number of amides is 2. The maximum Gasteiger partial charge on any atom is 0.277 e. The monoisotopic (exact) mass is 628 g/mol. The van der Waals surface area contributed by atoms with Gasteiger partial charge in [0.2, 0.25) is 11.8 Å². The van der Waals surface area contributed by atoms with Crippen LogP contribution < -0.4 is 10.6 Å². The van der Waals surface area contributed by atoms with E-state index in [1.54, 1.807) is 72.8 Å². The van der Waals surface area contributed by atoms with Crippen LogP contribution in [0.1, 0.15) is 20.7 Å². The van der Waals surface area contributed by atoms with Gasteiger partial charge in [-0.3, -0.25) is 29.8 Å². The molecular weight excluding hydrogens is 612 g/mol. The van der Waals surface area contributed by atoms with Crippen molar-refractivity contribution in [1.29, 1.82) is 0 Å². The number of halogens is 1. The minimum Gasteiger partial charge on any atom is -0.416 e. The molecule has 0 atom stereocenters. The second-order valence-corrected chi connectivity index (χ2v) is 9.65. The second kappa shape index (κ2) is 11.8. The van der Waals surface area contributed by atoms with Crippen LogP contribution in [0, 0.1) is 20.2 Å². The van der Waals surface area contributed by atoms with E-state index in [9.17, 15) is 29.8 Å². The van der Waals surface area contributed by atoms with Crippen LogP contribution in [0.25, 0.3) is 22.9 Å². The fourth-order valence-corrected chi connectivity index (χ4v) is 4.06. The predicted molar refractivity (Wildman–Crippen MR) is 155 cm³/mol. The Kier molecular flexibility index (Phi) is 7.79. The molecule has 0 spiro atoms. The van der Waals surface area contributed by atoms with Crippen molar-refractivity contribution in [3.8, 4) is 22.9 Å². The number of hydrogen-bond acceptors (Lipinski definition) is 9. The van der Waals surface area contributed by atoms with Crippen molar-refractivity contribution in [1.82, 2.24) is 10.2 Å². The first kappa shape index (κ1) is 27.8. The number of nitro benzene ring substituents is 2. The number of rotatable bonds is 8. The number of benzene rings is 4. The molecule has 0 bridgehead atoms. The van der Waals surface area contributed by atoms with Crippen LogP contribution in [-0.4, -0.2) is 31.9 Å². The average Bonchev–Trinajstić information content (AvgIpc) is 3.48. The topological polar surface area (TPSA) is 183 Å². The van der Waals surface area contributed by atoms with E-state index in [1.165, 1.54) is 0 Å². The van der Waals surface area contributed by atoms with E-state index in [0.29, 0.717) is 28.1 Å². The molecule has 2 N–H and O–H groups in total. The van der Waals surface area contributed by atoms with Gasteiger partial charge in [-0.2, -0.15) is 0 Å². The Morgan fingerprint density at radius 2 is 1.07 bits per heavy atom. The molecular formula is C28H17BrN6O7. The highest BCUT2D eigenvalue weighted by atomic mass is 79.9. The van der Waals surface area contributed by atoms with Gasteiger partial charge in [0.05, 0.1) is 21.5 Å². The number of nitro groups is 2. The quantitative estimate of drug-likeness (QED) is 0.143. The predicted octanol–water partition coefficient (Wildman–Crippen LogP) is 6.49. The normalized spacial score (nSPS) is 10.6. The van der Waals surface area contributed by atoms with E-state index < -0.39 is 27.1 Å². The Morgan fingerprint density at radius 1 is 0.643 bits per heavy atom. The molecule has 2 amide bonds. The number of hydrogen-bond donors (Lipinski definition) is 2. The number of nitrogens with zero attached hydrogens (tertiary/aromatic N) is 4. The third-order valence-corrected chi connectivity index (χ3v) is 6.43. The third-order valence-electron chi connectivity index (χ3n) is 5.90. The first-order valence-corrected chi connectivity index (χ1v) is 12.8. The maximum absolute atomic E-state index is 12.6. The van der Waals surface area contributed by atoms with Crippen LogP contribution in [-0.2, 0) is 0 Å². The molecule has 0 radical (unpaired) electrons. The molecule has 1 heterocycles. The Balaban J connectivity index is 1.24. The molecule has 0 fully saturated rings. The van der Waals surface area contributed by atoms with Crippen molar-refractivity contribution >= 4 is 50.5 Å². The van der Waals surface area contributed by atoms with Crippen molar-refractivity contribution in [2.75, 3.05) is 10.6 Å². The Hall–Kier alpha value is -5.76. The van der Waals surface area contributed by atoms with Crippen molar-refractivity contribution in [2.24, 2.45) is 0 Å². The van der Waals surface area contributed by atoms with Crippen molar-refractivity contribution < 1.29 is 23.9 Å². The lowest BCUT2D eigenvalue weighted by molar-refractivity contribution is -0.394. The molecule has 1 aromatic heterocycles. The molecule has 0 saturated carbocycles. The smallest absolute Gasteiger partial charge is 0.277 e. The van der Waals surface area contributed by atoms with Crippen molar-refractivity contribution in [2.45, 2.75) is 0 Å². The minimum absolute atomic E-state index is 0.213. The van der Waals surface area contributed by atoms with Gasteiger partial charge in [-0.25, -0.2) is 0 Å². The summed E-state index contributed by atoms with van der Waals surface area (Å²) in [4.78, 5) is 45.6. The third kappa shape index (κ3) is 6.34. The summed E-state index contributed by atoms with van der Waals surface area (Å²) in [6.45, 7) is 0. The molecule has 5 rings (SSSR count). The fraction of sp³-hybridized carbons (Fsp3) is 0. The zero-order valence-electron chi connectivity index (χ0n) is 21.2. The first-order valence-electron chi connectivity index (χ1n) is 12.0. The molecule has 0 aliphatic rings. The van der Waals surface area contributed by atoms with Crippen molar-refractivity contribution in [3.63, 3.8) is 0 Å². The van der Waals surface area contributed by atoms with Crippen molar-refractivity contribution in [3.05, 3.63) is 127 Å². The lowest BCUT2D eigenvalue weighted by Crippen LogP contribution is -2.12. The standard InChI is InChI=1S/C28H17BrN6O7/c29-20-7-1-16(2-8-20)25(36)30-21-9-3-17(4-10-21)27-32-33-28(42-27)18-5-11-22(12-6-18)31-26(37)19-13-23(34(38)39)15-24(14-19)35(40)41/h1-15H,(H,30,36)(H,31,37). The Labute approximate surface area is 244 Å². The summed E-state index contributed by atoms with van der Waals surface area (Å²) in [6, 6.07) is 22.9. The van der Waals surface area contributed by atoms with Crippen LogP contribution in [0.2, 0.25) is 0 Å². The largest absolute Gasteiger partial charge is 0.416 e. The number of carbonyl (C=O) groups excluding carboxylic acids is 2. The fourth-order valence-electron chi connectivity index (χ4n) is 3.79. The molecule has 208 valence electrons. The number of carbonyl (C=O) groups is 2. The molecule has 0 saturated heterocycles. The van der Waals surface area contributed by atoms with Gasteiger partial charge in [-0.1, -0.05) is 15.9 Å². The van der Waals surface area contributed by atoms with E-state index >= 15 is 0 Å². The van der Waals surface area contributed by atoms with Crippen LogP contribution in [0.5, 0.6) is 0 Å². The summed E-state index contributed by atoms with van der Waals surface area (Å²) in [6.07, 6.45) is 0. The number of aromatic nitrogens is 2. The highest BCUT2D eigenvalue weighted by Crippen LogP contribution is 2.27. The molecule has 5 aromatic rings. The molecule has 42 heavy (non-hydrogen) atoms. The summed E-state index contributed by atoms with van der Waals surface area (Å²) in [7, 11) is 0. The molecule has 0 unspecified atom stereocenters. The van der Waals surface area contributed by atoms with E-state index in [0.717, 1.165) is 22.7 Å². The van der Waals surface area contributed by atoms with E-state index in [4.69, 9.17) is 4.42 Å². The van der Waals surface area contributed by atoms with Gasteiger partial charge in [0.15, 0.2) is 0 Å². The highest BCUT2D eigenvalue weighted by Gasteiger charge is 2.20. The summed E-state index contributed by atoms with van der Waals surface area (Å²) >= 11 is 3.34. The van der Waals surface area contributed by atoms with Crippen LogP contribution in [0.3, 0.4) is 0 Å². The SMILES string of the molecule is O=C(Nc1ccc(-c2nnc(-c3ccc(NC(=O)c4cc([N+](=O)[O-])cc([N+](=O)[O-])c4)cc3)o2)cc1)c1ccc(Br)cc1. The molecule has 13 nitrogen and oxygen atoms in total. The Morgan fingerprint density at radius 3 is 1.50 bits per heavy atom. The molecule has 0 aliphatic carbocycles. The summed E-state index contributed by atoms with van der Waals surface area (Å²) < 4.78 is 6.66. The highest BCUT2D eigenvalue weighted by molar-refractivity contribution is 9.10. The van der Waals surface area contributed by atoms with Gasteiger partial charge in [0.1, 0.15) is 0 Å². The first-order chi connectivity index (χ1) is 20.2. The Bertz CT molecular complexity index is 1790. The van der Waals surface area contributed by atoms with Crippen LogP contribution >= 0.6 is 15.9 Å². The van der Waals surface area contributed by atoms with Gasteiger partial charge in [0, 0.05) is 44.7 Å². The van der Waals surface area contributed by atoms with Gasteiger partial charge >= 0.3 is 0 Å². The van der Waals surface area contributed by atoms with Gasteiger partial charge < -0.3 is 15.1 Å². The van der Waals surface area contributed by atoms with Gasteiger partial charge in [-0.05, 0) is 72.8 Å². The van der Waals surface area contributed by atoms with E-state index in [-0.39, 0.29) is 23.3 Å². The number of nitrogens with one attached hydrogen (secondary N) is 2. The van der Waals surface area contributed by atoms with E-state index in [2.05, 4.69) is 36.8 Å². The van der Waals surface area contributed by atoms with Gasteiger partial charge in [0.25, 0.3) is 23.2 Å². The second-order valence-electron chi connectivity index (χ2n) is 8.73. The number of anilines is 2. The summed E-state index contributed by atoms with van der Waals surface area (Å²) in [5.74, 6) is -0.544. The van der Waals surface area contributed by atoms with Gasteiger partial charge in [-0.15, -0.1) is 10.2 Å². The average molecular weight is 629 g/mol. The zero-order chi connectivity index (χ0) is 29.8. The summed E-state index contributed by atoms with van der Waals surface area (Å²) in [5.41, 5.74) is 1.24. The lowest BCUT2D eigenvalue weighted by atomic mass is 10.1. The molecule has 4 aromatic carbocycles.